The molecule has 2 heterocycles. The van der Waals surface area contributed by atoms with Crippen LogP contribution in [0.25, 0.3) is 0 Å². The van der Waals surface area contributed by atoms with Gasteiger partial charge in [-0.25, -0.2) is 0 Å². The molecule has 0 atom stereocenters. The van der Waals surface area contributed by atoms with Crippen molar-refractivity contribution in [2.45, 2.75) is 20.0 Å². The Morgan fingerprint density at radius 1 is 1.17 bits per heavy atom. The Morgan fingerprint density at radius 3 is 2.72 bits per heavy atom. The summed E-state index contributed by atoms with van der Waals surface area (Å²) in [5.74, 6) is 0.845. The average Bonchev–Trinajstić information content (AvgIpc) is 2.39. The molecule has 0 aliphatic heterocycles. The first kappa shape index (κ1) is 12.5. The fourth-order valence-electron chi connectivity index (χ4n) is 1.73. The van der Waals surface area contributed by atoms with Gasteiger partial charge in [0.05, 0.1) is 18.5 Å². The molecule has 2 aromatic rings. The number of nitrogens with zero attached hydrogens (tertiary/aromatic N) is 2. The van der Waals surface area contributed by atoms with Crippen molar-refractivity contribution < 1.29 is 4.74 Å². The van der Waals surface area contributed by atoms with Crippen molar-refractivity contribution in [2.75, 3.05) is 7.11 Å². The molecular weight excluding hydrogens is 226 g/mol. The first-order valence-electron chi connectivity index (χ1n) is 5.90. The van der Waals surface area contributed by atoms with Crippen LogP contribution in [-0.4, -0.2) is 17.1 Å². The molecule has 0 aliphatic rings. The van der Waals surface area contributed by atoms with Gasteiger partial charge in [0.25, 0.3) is 0 Å². The first-order valence-corrected chi connectivity index (χ1v) is 5.90. The summed E-state index contributed by atoms with van der Waals surface area (Å²) in [7, 11) is 1.67. The molecule has 0 spiro atoms. The van der Waals surface area contributed by atoms with Gasteiger partial charge >= 0.3 is 0 Å². The van der Waals surface area contributed by atoms with Crippen LogP contribution in [0.15, 0.2) is 36.5 Å². The molecule has 0 aliphatic carbocycles. The van der Waals surface area contributed by atoms with Crippen molar-refractivity contribution in [1.29, 1.82) is 0 Å². The Bertz CT molecular complexity index is 500. The van der Waals surface area contributed by atoms with E-state index in [0.717, 1.165) is 29.4 Å². The van der Waals surface area contributed by atoms with Crippen LogP contribution in [0.2, 0.25) is 0 Å². The molecule has 0 saturated heterocycles. The maximum atomic E-state index is 5.22. The van der Waals surface area contributed by atoms with E-state index in [9.17, 15) is 0 Å². The van der Waals surface area contributed by atoms with Crippen LogP contribution in [0.1, 0.15) is 17.1 Å². The zero-order chi connectivity index (χ0) is 12.8. The van der Waals surface area contributed by atoms with E-state index in [0.29, 0.717) is 6.54 Å². The van der Waals surface area contributed by atoms with Gasteiger partial charge in [-0.1, -0.05) is 6.07 Å². The molecule has 1 N–H and O–H groups in total. The predicted octanol–water partition coefficient (Wildman–Crippen LogP) is 2.08. The second-order valence-electron chi connectivity index (χ2n) is 4.06. The van der Waals surface area contributed by atoms with Gasteiger partial charge in [-0.15, -0.1) is 0 Å². The van der Waals surface area contributed by atoms with E-state index in [2.05, 4.69) is 15.3 Å². The van der Waals surface area contributed by atoms with Gasteiger partial charge < -0.3 is 10.1 Å². The SMILES string of the molecule is COc1cc(C)nc(CNCc2ccccn2)c1. The van der Waals surface area contributed by atoms with E-state index in [1.165, 1.54) is 0 Å². The standard InChI is InChI=1S/C14H17N3O/c1-11-7-14(18-2)8-13(17-11)10-15-9-12-5-3-4-6-16-12/h3-8,15H,9-10H2,1-2H3. The lowest BCUT2D eigenvalue weighted by molar-refractivity contribution is 0.412. The monoisotopic (exact) mass is 243 g/mol. The summed E-state index contributed by atoms with van der Waals surface area (Å²) in [6, 6.07) is 9.76. The topological polar surface area (TPSA) is 47.0 Å². The molecule has 0 saturated carbocycles. The van der Waals surface area contributed by atoms with Crippen molar-refractivity contribution in [2.24, 2.45) is 0 Å². The number of hydrogen-bond acceptors (Lipinski definition) is 4. The maximum Gasteiger partial charge on any atom is 0.122 e. The van der Waals surface area contributed by atoms with E-state index < -0.39 is 0 Å². The van der Waals surface area contributed by atoms with Crippen LogP contribution in [-0.2, 0) is 13.1 Å². The lowest BCUT2D eigenvalue weighted by Crippen LogP contribution is -2.14. The molecule has 4 heteroatoms. The summed E-state index contributed by atoms with van der Waals surface area (Å²) in [6.45, 7) is 3.40. The zero-order valence-electron chi connectivity index (χ0n) is 10.7. The summed E-state index contributed by atoms with van der Waals surface area (Å²) >= 11 is 0. The number of hydrogen-bond donors (Lipinski definition) is 1. The van der Waals surface area contributed by atoms with E-state index >= 15 is 0 Å². The third-order valence-corrected chi connectivity index (χ3v) is 2.55. The normalized spacial score (nSPS) is 10.3. The molecule has 0 unspecified atom stereocenters. The van der Waals surface area contributed by atoms with E-state index in [1.807, 2.05) is 37.3 Å². The minimum atomic E-state index is 0.703. The summed E-state index contributed by atoms with van der Waals surface area (Å²) in [5, 5.41) is 3.32. The second kappa shape index (κ2) is 6.12. The number of methoxy groups -OCH3 is 1. The highest BCUT2D eigenvalue weighted by atomic mass is 16.5. The smallest absolute Gasteiger partial charge is 0.122 e. The summed E-state index contributed by atoms with van der Waals surface area (Å²) in [4.78, 5) is 8.70. The van der Waals surface area contributed by atoms with Gasteiger partial charge in [0.1, 0.15) is 5.75 Å². The van der Waals surface area contributed by atoms with Crippen molar-refractivity contribution in [3.8, 4) is 5.75 Å². The number of aryl methyl sites for hydroxylation is 1. The number of rotatable bonds is 5. The molecule has 18 heavy (non-hydrogen) atoms. The van der Waals surface area contributed by atoms with Crippen LogP contribution in [0, 0.1) is 6.92 Å². The van der Waals surface area contributed by atoms with E-state index in [1.54, 1.807) is 13.3 Å². The highest BCUT2D eigenvalue weighted by Gasteiger charge is 2.00. The Hall–Kier alpha value is -1.94. The molecule has 0 aromatic carbocycles. The van der Waals surface area contributed by atoms with Crippen LogP contribution in [0.4, 0.5) is 0 Å². The average molecular weight is 243 g/mol. The van der Waals surface area contributed by atoms with Crippen LogP contribution in [0.5, 0.6) is 5.75 Å². The highest BCUT2D eigenvalue weighted by Crippen LogP contribution is 2.13. The maximum absolute atomic E-state index is 5.22. The quantitative estimate of drug-likeness (QED) is 0.873. The summed E-state index contributed by atoms with van der Waals surface area (Å²) in [6.07, 6.45) is 1.80. The molecule has 0 bridgehead atoms. The van der Waals surface area contributed by atoms with E-state index in [-0.39, 0.29) is 0 Å². The molecule has 2 rings (SSSR count). The second-order valence-corrected chi connectivity index (χ2v) is 4.06. The fraction of sp³-hybridized carbons (Fsp3) is 0.286. The van der Waals surface area contributed by atoms with Crippen molar-refractivity contribution in [3.05, 3.63) is 53.6 Å². The molecule has 0 radical (unpaired) electrons. The Labute approximate surface area is 107 Å². The molecule has 2 aromatic heterocycles. The van der Waals surface area contributed by atoms with Gasteiger partial charge in [0, 0.05) is 37.1 Å². The minimum Gasteiger partial charge on any atom is -0.497 e. The lowest BCUT2D eigenvalue weighted by Gasteiger charge is -2.07. The Balaban J connectivity index is 1.92. The van der Waals surface area contributed by atoms with Crippen LogP contribution in [0.3, 0.4) is 0 Å². The molecule has 0 amide bonds. The fourth-order valence-corrected chi connectivity index (χ4v) is 1.73. The van der Waals surface area contributed by atoms with Crippen molar-refractivity contribution >= 4 is 0 Å². The third-order valence-electron chi connectivity index (χ3n) is 2.55. The third kappa shape index (κ3) is 3.53. The summed E-state index contributed by atoms with van der Waals surface area (Å²) < 4.78 is 5.22. The van der Waals surface area contributed by atoms with Crippen molar-refractivity contribution in [1.82, 2.24) is 15.3 Å². The number of pyridine rings is 2. The minimum absolute atomic E-state index is 0.703. The molecule has 4 nitrogen and oxygen atoms in total. The number of aromatic nitrogens is 2. The number of nitrogens with one attached hydrogen (secondary N) is 1. The first-order chi connectivity index (χ1) is 8.78. The van der Waals surface area contributed by atoms with E-state index in [4.69, 9.17) is 4.74 Å². The van der Waals surface area contributed by atoms with Crippen molar-refractivity contribution in [3.63, 3.8) is 0 Å². The van der Waals surface area contributed by atoms with Crippen LogP contribution < -0.4 is 10.1 Å². The highest BCUT2D eigenvalue weighted by molar-refractivity contribution is 5.26. The zero-order valence-corrected chi connectivity index (χ0v) is 10.7. The number of ether oxygens (including phenoxy) is 1. The Kier molecular flexibility index (Phi) is 4.25. The lowest BCUT2D eigenvalue weighted by atomic mass is 10.3. The van der Waals surface area contributed by atoms with Gasteiger partial charge in [-0.05, 0) is 19.1 Å². The van der Waals surface area contributed by atoms with Gasteiger partial charge in [-0.2, -0.15) is 0 Å². The van der Waals surface area contributed by atoms with Crippen LogP contribution >= 0.6 is 0 Å². The molecular formula is C14H17N3O. The Morgan fingerprint density at radius 2 is 2.00 bits per heavy atom. The largest absolute Gasteiger partial charge is 0.497 e. The predicted molar refractivity (Wildman–Crippen MR) is 70.3 cm³/mol. The molecule has 0 fully saturated rings. The molecule has 94 valence electrons. The van der Waals surface area contributed by atoms with Gasteiger partial charge in [0.2, 0.25) is 0 Å². The summed E-state index contributed by atoms with van der Waals surface area (Å²) in [5.41, 5.74) is 2.96. The van der Waals surface area contributed by atoms with Gasteiger partial charge in [0.15, 0.2) is 0 Å². The van der Waals surface area contributed by atoms with Gasteiger partial charge in [-0.3, -0.25) is 9.97 Å².